The van der Waals surface area contributed by atoms with Gasteiger partial charge in [-0.05, 0) is 49.1 Å². The van der Waals surface area contributed by atoms with Crippen molar-refractivity contribution in [1.82, 2.24) is 14.9 Å². The number of carbonyl (C=O) groups is 2. The summed E-state index contributed by atoms with van der Waals surface area (Å²) in [5.74, 6) is 0.705. The standard InChI is InChI=1S/C28H27N3O6S2/c1-3-35-27(34)24-17(2)23-25(39-24)30-28(38-15-22(32)29-12-11-18-7-5-4-6-8-18)31(26(23)33)14-19-9-10-20-21(13-19)37-16-36-20/h4-10,13H,3,11-12,14-16H2,1-2H3,(H,29,32). The number of aryl methyl sites for hydroxylation is 1. The monoisotopic (exact) mass is 565 g/mol. The molecule has 0 fully saturated rings. The van der Waals surface area contributed by atoms with Crippen molar-refractivity contribution < 1.29 is 23.8 Å². The number of fused-ring (bicyclic) bond motifs is 2. The number of esters is 1. The second kappa shape index (κ2) is 11.9. The zero-order chi connectivity index (χ0) is 27.4. The van der Waals surface area contributed by atoms with Gasteiger partial charge in [0.1, 0.15) is 9.71 Å². The number of benzene rings is 2. The Kier molecular flexibility index (Phi) is 8.18. The van der Waals surface area contributed by atoms with E-state index in [-0.39, 0.29) is 37.2 Å². The van der Waals surface area contributed by atoms with Crippen LogP contribution in [0.1, 0.15) is 33.3 Å². The highest BCUT2D eigenvalue weighted by Gasteiger charge is 2.23. The summed E-state index contributed by atoms with van der Waals surface area (Å²) in [6.07, 6.45) is 0.724. The molecular weight excluding hydrogens is 538 g/mol. The number of aromatic nitrogens is 2. The molecule has 0 atom stereocenters. The van der Waals surface area contributed by atoms with E-state index >= 15 is 0 Å². The molecule has 4 aromatic rings. The summed E-state index contributed by atoms with van der Waals surface area (Å²) in [5, 5.41) is 3.69. The highest BCUT2D eigenvalue weighted by Crippen LogP contribution is 2.34. The van der Waals surface area contributed by atoms with Gasteiger partial charge >= 0.3 is 5.97 Å². The van der Waals surface area contributed by atoms with Crippen molar-refractivity contribution in [2.24, 2.45) is 0 Å². The van der Waals surface area contributed by atoms with Crippen LogP contribution >= 0.6 is 23.1 Å². The summed E-state index contributed by atoms with van der Waals surface area (Å²) in [7, 11) is 0. The van der Waals surface area contributed by atoms with E-state index in [0.717, 1.165) is 28.9 Å². The number of thioether (sulfide) groups is 1. The maximum Gasteiger partial charge on any atom is 0.348 e. The van der Waals surface area contributed by atoms with E-state index in [0.29, 0.717) is 43.9 Å². The van der Waals surface area contributed by atoms with Crippen LogP contribution in [-0.2, 0) is 22.5 Å². The first kappa shape index (κ1) is 26.8. The highest BCUT2D eigenvalue weighted by atomic mass is 32.2. The first-order chi connectivity index (χ1) is 18.9. The number of rotatable bonds is 10. The van der Waals surface area contributed by atoms with E-state index in [1.807, 2.05) is 42.5 Å². The Morgan fingerprint density at radius 2 is 1.92 bits per heavy atom. The zero-order valence-electron chi connectivity index (χ0n) is 21.5. The molecular formula is C28H27N3O6S2. The molecule has 1 amide bonds. The highest BCUT2D eigenvalue weighted by molar-refractivity contribution is 7.99. The Hall–Kier alpha value is -3.83. The summed E-state index contributed by atoms with van der Waals surface area (Å²) in [6, 6.07) is 15.4. The number of nitrogens with zero attached hydrogens (tertiary/aromatic N) is 2. The van der Waals surface area contributed by atoms with E-state index < -0.39 is 5.97 Å². The van der Waals surface area contributed by atoms with Crippen molar-refractivity contribution in [3.63, 3.8) is 0 Å². The lowest BCUT2D eigenvalue weighted by atomic mass is 10.1. The number of hydrogen-bond acceptors (Lipinski definition) is 9. The second-order valence-electron chi connectivity index (χ2n) is 8.80. The second-order valence-corrected chi connectivity index (χ2v) is 10.7. The minimum Gasteiger partial charge on any atom is -0.462 e. The molecule has 2 aromatic heterocycles. The van der Waals surface area contributed by atoms with Crippen molar-refractivity contribution in [1.29, 1.82) is 0 Å². The molecule has 0 bridgehead atoms. The Bertz CT molecular complexity index is 1580. The number of thiophene rings is 1. The van der Waals surface area contributed by atoms with Crippen LogP contribution in [0.2, 0.25) is 0 Å². The van der Waals surface area contributed by atoms with E-state index in [4.69, 9.17) is 19.2 Å². The fraction of sp³-hybridized carbons (Fsp3) is 0.286. The third-order valence-electron chi connectivity index (χ3n) is 6.16. The van der Waals surface area contributed by atoms with Crippen molar-refractivity contribution in [3.8, 4) is 11.5 Å². The Labute approximate surface area is 233 Å². The van der Waals surface area contributed by atoms with Crippen LogP contribution in [0, 0.1) is 6.92 Å². The first-order valence-corrected chi connectivity index (χ1v) is 14.3. The minimum absolute atomic E-state index is 0.0863. The number of hydrogen-bond donors (Lipinski definition) is 1. The Morgan fingerprint density at radius 3 is 2.72 bits per heavy atom. The van der Waals surface area contributed by atoms with Gasteiger partial charge in [-0.25, -0.2) is 9.78 Å². The molecule has 1 N–H and O–H groups in total. The predicted molar refractivity (Wildman–Crippen MR) is 150 cm³/mol. The number of ether oxygens (including phenoxy) is 3. The molecule has 0 saturated carbocycles. The molecule has 0 aliphatic carbocycles. The summed E-state index contributed by atoms with van der Waals surface area (Å²) in [6.45, 7) is 4.56. The normalized spacial score (nSPS) is 12.1. The van der Waals surface area contributed by atoms with Gasteiger partial charge < -0.3 is 19.5 Å². The Balaban J connectivity index is 1.41. The average Bonchev–Trinajstić information content (AvgIpc) is 3.54. The van der Waals surface area contributed by atoms with Crippen LogP contribution in [0.15, 0.2) is 58.5 Å². The van der Waals surface area contributed by atoms with Crippen LogP contribution in [0.4, 0.5) is 0 Å². The van der Waals surface area contributed by atoms with E-state index in [2.05, 4.69) is 5.32 Å². The minimum atomic E-state index is -0.480. The number of amides is 1. The van der Waals surface area contributed by atoms with Gasteiger partial charge in [0, 0.05) is 6.54 Å². The molecule has 0 unspecified atom stereocenters. The van der Waals surface area contributed by atoms with Gasteiger partial charge in [-0.2, -0.15) is 0 Å². The molecule has 0 saturated heterocycles. The molecule has 39 heavy (non-hydrogen) atoms. The van der Waals surface area contributed by atoms with E-state index in [1.54, 1.807) is 19.9 Å². The zero-order valence-corrected chi connectivity index (χ0v) is 23.2. The number of carbonyl (C=O) groups excluding carboxylic acids is 2. The van der Waals surface area contributed by atoms with Gasteiger partial charge in [-0.15, -0.1) is 11.3 Å². The van der Waals surface area contributed by atoms with Gasteiger partial charge in [-0.3, -0.25) is 14.2 Å². The fourth-order valence-electron chi connectivity index (χ4n) is 4.23. The molecule has 1 aliphatic rings. The van der Waals surface area contributed by atoms with Gasteiger partial charge in [-0.1, -0.05) is 48.2 Å². The van der Waals surface area contributed by atoms with E-state index in [9.17, 15) is 14.4 Å². The van der Waals surface area contributed by atoms with Gasteiger partial charge in [0.25, 0.3) is 5.56 Å². The summed E-state index contributed by atoms with van der Waals surface area (Å²) in [4.78, 5) is 44.4. The van der Waals surface area contributed by atoms with Crippen molar-refractivity contribution in [2.45, 2.75) is 32.0 Å². The van der Waals surface area contributed by atoms with Crippen LogP contribution in [0.5, 0.6) is 11.5 Å². The van der Waals surface area contributed by atoms with Gasteiger partial charge in [0.15, 0.2) is 16.7 Å². The first-order valence-electron chi connectivity index (χ1n) is 12.5. The molecule has 1 aliphatic heterocycles. The molecule has 0 spiro atoms. The van der Waals surface area contributed by atoms with Crippen LogP contribution in [0.3, 0.4) is 0 Å². The molecule has 9 nitrogen and oxygen atoms in total. The van der Waals surface area contributed by atoms with Crippen LogP contribution in [-0.4, -0.2) is 47.1 Å². The summed E-state index contributed by atoms with van der Waals surface area (Å²) < 4.78 is 17.6. The third kappa shape index (κ3) is 5.94. The topological polar surface area (TPSA) is 109 Å². The maximum atomic E-state index is 13.8. The lowest BCUT2D eigenvalue weighted by Crippen LogP contribution is -2.28. The summed E-state index contributed by atoms with van der Waals surface area (Å²) in [5.41, 5.74) is 2.21. The van der Waals surface area contributed by atoms with Crippen LogP contribution < -0.4 is 20.3 Å². The van der Waals surface area contributed by atoms with Gasteiger partial charge in [0.05, 0.1) is 24.3 Å². The van der Waals surface area contributed by atoms with Gasteiger partial charge in [0.2, 0.25) is 12.7 Å². The van der Waals surface area contributed by atoms with Crippen molar-refractivity contribution in [2.75, 3.05) is 25.7 Å². The summed E-state index contributed by atoms with van der Waals surface area (Å²) >= 11 is 2.31. The number of nitrogens with one attached hydrogen (secondary N) is 1. The fourth-order valence-corrected chi connectivity index (χ4v) is 6.18. The molecule has 202 valence electrons. The molecule has 3 heterocycles. The van der Waals surface area contributed by atoms with Crippen molar-refractivity contribution >= 4 is 45.2 Å². The maximum absolute atomic E-state index is 13.8. The molecule has 11 heteroatoms. The quantitative estimate of drug-likeness (QED) is 0.173. The molecule has 0 radical (unpaired) electrons. The lowest BCUT2D eigenvalue weighted by Gasteiger charge is -2.13. The SMILES string of the molecule is CCOC(=O)c1sc2nc(SCC(=O)NCCc3ccccc3)n(Cc3ccc4c(c3)OCO4)c(=O)c2c1C. The smallest absolute Gasteiger partial charge is 0.348 e. The lowest BCUT2D eigenvalue weighted by molar-refractivity contribution is -0.118. The average molecular weight is 566 g/mol. The third-order valence-corrected chi connectivity index (χ3v) is 8.31. The van der Waals surface area contributed by atoms with Crippen molar-refractivity contribution in [3.05, 3.63) is 80.5 Å². The predicted octanol–water partition coefficient (Wildman–Crippen LogP) is 4.17. The molecule has 5 rings (SSSR count). The Morgan fingerprint density at radius 1 is 1.13 bits per heavy atom. The van der Waals surface area contributed by atoms with Crippen LogP contribution in [0.25, 0.3) is 10.2 Å². The largest absolute Gasteiger partial charge is 0.462 e. The molecule has 2 aromatic carbocycles. The van der Waals surface area contributed by atoms with E-state index in [1.165, 1.54) is 16.3 Å².